The molecule has 11 nitrogen and oxygen atoms in total. The molecule has 3 aromatic rings. The first-order valence-corrected chi connectivity index (χ1v) is 17.3. The number of piperidine rings is 3. The number of amides is 3. The number of hydrogen-bond acceptors (Lipinski definition) is 7. The van der Waals surface area contributed by atoms with Gasteiger partial charge in [0, 0.05) is 39.6 Å². The van der Waals surface area contributed by atoms with E-state index in [4.69, 9.17) is 9.47 Å². The number of aryl methyl sites for hydroxylation is 1. The molecule has 1 atom stereocenters. The van der Waals surface area contributed by atoms with Crippen LogP contribution in [-0.4, -0.2) is 75.7 Å². The third-order valence-electron chi connectivity index (χ3n) is 10.3. The van der Waals surface area contributed by atoms with Gasteiger partial charge < -0.3 is 19.3 Å². The molecule has 0 aliphatic carbocycles. The fraction of sp³-hybridized carbons (Fsp3) is 0.568. The topological polar surface area (TPSA) is 106 Å². The number of imide groups is 1. The molecule has 3 amide bonds. The van der Waals surface area contributed by atoms with Crippen molar-refractivity contribution in [1.29, 1.82) is 0 Å². The molecular formula is C37H49N5O6. The lowest BCUT2D eigenvalue weighted by Gasteiger charge is -2.38. The Kier molecular flexibility index (Phi) is 9.58. The Balaban J connectivity index is 1.12. The van der Waals surface area contributed by atoms with Crippen molar-refractivity contribution in [2.45, 2.75) is 83.9 Å². The number of para-hydroxylation sites is 1. The van der Waals surface area contributed by atoms with Crippen molar-refractivity contribution in [2.75, 3.05) is 38.2 Å². The van der Waals surface area contributed by atoms with Gasteiger partial charge in [-0.25, -0.2) is 9.59 Å². The summed E-state index contributed by atoms with van der Waals surface area (Å²) in [5.74, 6) is 1.37. The van der Waals surface area contributed by atoms with E-state index in [0.29, 0.717) is 24.0 Å². The SMILES string of the molecule is COc1ccc(CN2C(=O)CCC(n3c(=O)n(C)c4c(N5CCC(CC6CCN(C(=O)OC(C)(C)C)CC6)CC5)cccc43)C2=O)cc1. The first-order valence-electron chi connectivity index (χ1n) is 17.3. The van der Waals surface area contributed by atoms with E-state index in [-0.39, 0.29) is 36.6 Å². The molecule has 1 unspecified atom stereocenters. The minimum absolute atomic E-state index is 0.153. The van der Waals surface area contributed by atoms with Crippen LogP contribution < -0.4 is 15.3 Å². The van der Waals surface area contributed by atoms with E-state index in [0.717, 1.165) is 74.1 Å². The number of methoxy groups -OCH3 is 1. The minimum Gasteiger partial charge on any atom is -0.497 e. The number of aromatic nitrogens is 2. The molecule has 1 aromatic heterocycles. The molecule has 0 N–H and O–H groups in total. The Morgan fingerprint density at radius 3 is 2.15 bits per heavy atom. The molecule has 0 saturated carbocycles. The van der Waals surface area contributed by atoms with E-state index in [1.165, 1.54) is 11.3 Å². The van der Waals surface area contributed by atoms with Gasteiger partial charge in [0.25, 0.3) is 5.91 Å². The van der Waals surface area contributed by atoms with Crippen molar-refractivity contribution in [3.8, 4) is 5.75 Å². The highest BCUT2D eigenvalue weighted by molar-refractivity contribution is 6.00. The summed E-state index contributed by atoms with van der Waals surface area (Å²) in [7, 11) is 3.36. The Morgan fingerprint density at radius 1 is 0.875 bits per heavy atom. The molecule has 2 aromatic carbocycles. The van der Waals surface area contributed by atoms with Gasteiger partial charge in [0.1, 0.15) is 17.4 Å². The Hall–Kier alpha value is -4.28. The van der Waals surface area contributed by atoms with E-state index < -0.39 is 11.6 Å². The van der Waals surface area contributed by atoms with Crippen molar-refractivity contribution < 1.29 is 23.9 Å². The third kappa shape index (κ3) is 6.96. The van der Waals surface area contributed by atoms with Gasteiger partial charge in [-0.05, 0) is 101 Å². The predicted molar refractivity (Wildman–Crippen MR) is 184 cm³/mol. The summed E-state index contributed by atoms with van der Waals surface area (Å²) in [5.41, 5.74) is 2.64. The average molecular weight is 660 g/mol. The van der Waals surface area contributed by atoms with Crippen LogP contribution in [0.15, 0.2) is 47.3 Å². The average Bonchev–Trinajstić information content (AvgIpc) is 3.32. The lowest BCUT2D eigenvalue weighted by molar-refractivity contribution is -0.151. The van der Waals surface area contributed by atoms with E-state index in [9.17, 15) is 19.2 Å². The van der Waals surface area contributed by atoms with E-state index >= 15 is 0 Å². The number of anilines is 1. The van der Waals surface area contributed by atoms with Crippen LogP contribution in [0, 0.1) is 11.8 Å². The second-order valence-corrected chi connectivity index (χ2v) is 14.7. The second-order valence-electron chi connectivity index (χ2n) is 14.7. The van der Waals surface area contributed by atoms with Crippen molar-refractivity contribution in [3.63, 3.8) is 0 Å². The molecule has 3 saturated heterocycles. The highest BCUT2D eigenvalue weighted by Crippen LogP contribution is 2.36. The summed E-state index contributed by atoms with van der Waals surface area (Å²) < 4.78 is 14.1. The molecule has 0 spiro atoms. The maximum atomic E-state index is 13.8. The number of carbonyl (C=O) groups is 3. The number of hydrogen-bond donors (Lipinski definition) is 0. The van der Waals surface area contributed by atoms with Gasteiger partial charge in [0.2, 0.25) is 5.91 Å². The molecule has 3 fully saturated rings. The van der Waals surface area contributed by atoms with Gasteiger partial charge in [0.05, 0.1) is 30.4 Å². The quantitative estimate of drug-likeness (QED) is 0.309. The molecule has 3 aliphatic rings. The lowest BCUT2D eigenvalue weighted by atomic mass is 9.83. The largest absolute Gasteiger partial charge is 0.497 e. The van der Waals surface area contributed by atoms with Crippen LogP contribution in [-0.2, 0) is 27.9 Å². The monoisotopic (exact) mass is 659 g/mol. The number of ether oxygens (including phenoxy) is 2. The number of carbonyl (C=O) groups excluding carboxylic acids is 3. The molecule has 6 rings (SSSR count). The van der Waals surface area contributed by atoms with Crippen LogP contribution in [0.25, 0.3) is 11.0 Å². The van der Waals surface area contributed by atoms with Crippen molar-refractivity contribution in [2.24, 2.45) is 18.9 Å². The van der Waals surface area contributed by atoms with Crippen molar-refractivity contribution in [1.82, 2.24) is 18.9 Å². The zero-order valence-electron chi connectivity index (χ0n) is 28.9. The molecule has 11 heteroatoms. The smallest absolute Gasteiger partial charge is 0.410 e. The summed E-state index contributed by atoms with van der Waals surface area (Å²) in [6.07, 6.45) is 5.62. The second kappa shape index (κ2) is 13.7. The number of nitrogens with zero attached hydrogens (tertiary/aromatic N) is 5. The lowest BCUT2D eigenvalue weighted by Crippen LogP contribution is -2.47. The fourth-order valence-corrected chi connectivity index (χ4v) is 7.67. The Labute approximate surface area is 282 Å². The van der Waals surface area contributed by atoms with E-state index in [1.807, 2.05) is 62.1 Å². The zero-order chi connectivity index (χ0) is 34.2. The molecule has 4 heterocycles. The summed E-state index contributed by atoms with van der Waals surface area (Å²) in [6.45, 7) is 9.16. The minimum atomic E-state index is -0.750. The third-order valence-corrected chi connectivity index (χ3v) is 10.3. The number of likely N-dealkylation sites (tertiary alicyclic amines) is 2. The van der Waals surface area contributed by atoms with Crippen molar-refractivity contribution in [3.05, 3.63) is 58.5 Å². The van der Waals surface area contributed by atoms with Crippen LogP contribution in [0.2, 0.25) is 0 Å². The van der Waals surface area contributed by atoms with Gasteiger partial charge in [-0.3, -0.25) is 23.6 Å². The summed E-state index contributed by atoms with van der Waals surface area (Å²) in [6, 6.07) is 12.5. The first-order chi connectivity index (χ1) is 22.9. The fourth-order valence-electron chi connectivity index (χ4n) is 7.67. The van der Waals surface area contributed by atoms with Crippen LogP contribution in [0.3, 0.4) is 0 Å². The number of rotatable bonds is 7. The first kappa shape index (κ1) is 33.6. The summed E-state index contributed by atoms with van der Waals surface area (Å²) in [5, 5.41) is 0. The van der Waals surface area contributed by atoms with E-state index in [1.54, 1.807) is 23.3 Å². The van der Waals surface area contributed by atoms with Crippen LogP contribution in [0.5, 0.6) is 5.75 Å². The Morgan fingerprint density at radius 2 is 1.52 bits per heavy atom. The maximum absolute atomic E-state index is 13.8. The van der Waals surface area contributed by atoms with Gasteiger partial charge >= 0.3 is 11.8 Å². The van der Waals surface area contributed by atoms with Crippen molar-refractivity contribution >= 4 is 34.6 Å². The molecule has 3 aliphatic heterocycles. The van der Waals surface area contributed by atoms with Crippen LogP contribution in [0.4, 0.5) is 10.5 Å². The Bertz CT molecular complexity index is 1700. The van der Waals surface area contributed by atoms with Crippen LogP contribution in [0.1, 0.15) is 77.3 Å². The van der Waals surface area contributed by atoms with Gasteiger partial charge in [-0.1, -0.05) is 18.2 Å². The molecule has 48 heavy (non-hydrogen) atoms. The standard InChI is InChI=1S/C37H49N5O6/c1-37(2,3)48-36(46)40-21-17-26(18-22-40)23-25-15-19-39(20-16-25)29-7-6-8-30-33(29)38(4)35(45)42(30)31-13-14-32(43)41(34(31)44)24-27-9-11-28(47-5)12-10-27/h6-12,25-26,31H,13-24H2,1-5H3. The number of imidazole rings is 1. The molecule has 258 valence electrons. The molecule has 0 radical (unpaired) electrons. The number of fused-ring (bicyclic) bond motifs is 1. The van der Waals surface area contributed by atoms with Crippen LogP contribution >= 0.6 is 0 Å². The molecule has 0 bridgehead atoms. The summed E-state index contributed by atoms with van der Waals surface area (Å²) >= 11 is 0. The normalized spacial score (nSPS) is 20.1. The highest BCUT2D eigenvalue weighted by Gasteiger charge is 2.38. The van der Waals surface area contributed by atoms with Gasteiger partial charge in [0.15, 0.2) is 0 Å². The molecular weight excluding hydrogens is 610 g/mol. The predicted octanol–water partition coefficient (Wildman–Crippen LogP) is 5.49. The van der Waals surface area contributed by atoms with E-state index in [2.05, 4.69) is 11.0 Å². The van der Waals surface area contributed by atoms with Gasteiger partial charge in [-0.2, -0.15) is 0 Å². The highest BCUT2D eigenvalue weighted by atomic mass is 16.6. The zero-order valence-corrected chi connectivity index (χ0v) is 28.9. The summed E-state index contributed by atoms with van der Waals surface area (Å²) in [4.78, 5) is 58.5. The number of benzene rings is 2. The van der Waals surface area contributed by atoms with Gasteiger partial charge in [-0.15, -0.1) is 0 Å². The maximum Gasteiger partial charge on any atom is 0.410 e.